The van der Waals surface area contributed by atoms with E-state index in [0.29, 0.717) is 0 Å². The largest absolute Gasteiger partial charge is 0.456 e. The second-order valence-corrected chi connectivity index (χ2v) is 18.0. The molecule has 11 aromatic carbocycles. The third kappa shape index (κ3) is 6.21. The first-order valence-electron chi connectivity index (χ1n) is 46.7. The topological polar surface area (TPSA) is 20.8 Å². The lowest BCUT2D eigenvalue weighted by atomic mass is 9.92. The predicted molar refractivity (Wildman–Crippen MR) is 342 cm³/mol. The fourth-order valence-corrected chi connectivity index (χ4v) is 11.1. The van der Waals surface area contributed by atoms with Gasteiger partial charge in [0.05, 0.1) is 27.6 Å². The van der Waals surface area contributed by atoms with Crippen LogP contribution in [0.1, 0.15) is 69.7 Å². The Morgan fingerprint density at radius 2 is 0.841 bits per heavy atom. The van der Waals surface area contributed by atoms with Gasteiger partial charge in [-0.2, -0.15) is 0 Å². The van der Waals surface area contributed by atoms with Gasteiger partial charge in [-0.25, -0.2) is 0 Å². The van der Waals surface area contributed by atoms with Gasteiger partial charge in [-0.15, -0.1) is 0 Å². The molecule has 0 N–H and O–H groups in total. The molecule has 0 bridgehead atoms. The smallest absolute Gasteiger partial charge is 0.137 e. The average Bonchev–Trinajstić information content (AvgIpc) is 1.52. The molecule has 3 heteroatoms. The molecule has 0 saturated carbocycles. The molecule has 0 fully saturated rings. The van der Waals surface area contributed by atoms with Gasteiger partial charge in [0.15, 0.2) is 0 Å². The van der Waals surface area contributed by atoms with Crippen LogP contribution in [-0.4, -0.2) is 4.40 Å². The van der Waals surface area contributed by atoms with Gasteiger partial charge in [-0.3, -0.25) is 0 Å². The van der Waals surface area contributed by atoms with Crippen molar-refractivity contribution in [3.63, 3.8) is 0 Å². The number of pyridine rings is 1. The van der Waals surface area contributed by atoms with Gasteiger partial charge in [-0.05, 0) is 104 Å². The van der Waals surface area contributed by atoms with Crippen molar-refractivity contribution in [2.45, 2.75) is 0 Å². The van der Waals surface area contributed by atoms with Crippen molar-refractivity contribution >= 4 is 87.9 Å². The van der Waals surface area contributed by atoms with Crippen molar-refractivity contribution in [3.8, 4) is 44.5 Å². The van der Waals surface area contributed by atoms with Crippen LogP contribution in [0.3, 0.4) is 0 Å². The Balaban J connectivity index is -0.000000227. The average molecular weight is 975 g/mol. The van der Waals surface area contributed by atoms with E-state index in [9.17, 15) is 0 Å². The van der Waals surface area contributed by atoms with E-state index in [1.54, 1.807) is 0 Å². The Kier molecular flexibility index (Phi) is 5.14. The van der Waals surface area contributed by atoms with Gasteiger partial charge < -0.3 is 13.7 Å². The molecule has 69 heavy (non-hydrogen) atoms. The van der Waals surface area contributed by atoms with E-state index >= 15 is 0 Å². The second kappa shape index (κ2) is 15.7. The highest BCUT2D eigenvalue weighted by Gasteiger charge is 2.22. The van der Waals surface area contributed by atoms with Crippen LogP contribution in [0.15, 0.2) is 259 Å². The summed E-state index contributed by atoms with van der Waals surface area (Å²) in [5.41, 5.74) is 18.2. The highest BCUT2D eigenvalue weighted by atomic mass is 16.3. The van der Waals surface area contributed by atoms with Gasteiger partial charge >= 0.3 is 0 Å². The second-order valence-electron chi connectivity index (χ2n) is 18.0. The molecule has 0 radical (unpaired) electrons. The standard InChI is InChI=1S/C66H42N2O.24H2/c1-2-16-48(17-3-1)63-54-20-6-9-26-58(54)68-59-27-10-7-21-55(59)64-53(24-13-25-57(64)66(63)68)47-33-31-43(32-34-47)44-35-39-49(40-36-44)67(60-28-14-30-62-65(60)56-22-8-11-29-61(56)69-62)50-41-37-46(38-42-50)52-23-12-18-45-15-4-5-19-51(45)52;;;;;;;;;;;;;;;;;;;;;;;;/h1-42H;24*1H/i;23*1+1D;1+1. The Hall–Kier alpha value is -9.18. The van der Waals surface area contributed by atoms with Crippen LogP contribution in [0.2, 0.25) is 0 Å². The fourth-order valence-electron chi connectivity index (χ4n) is 11.1. The molecule has 0 saturated heterocycles. The number of rotatable bonds is 7. The van der Waals surface area contributed by atoms with E-state index in [4.69, 9.17) is 72.7 Å². The van der Waals surface area contributed by atoms with E-state index in [1.807, 2.05) is 6.07 Å². The summed E-state index contributed by atoms with van der Waals surface area (Å²) in [4.78, 5) is 2.36. The molecule has 3 heterocycles. The number of para-hydroxylation sites is 3. The maximum Gasteiger partial charge on any atom is 0.137 e. The first-order valence-corrected chi connectivity index (χ1v) is 23.7. The minimum Gasteiger partial charge on any atom is -0.456 e. The Morgan fingerprint density at radius 1 is 0.333 bits per heavy atom. The number of anilines is 3. The summed E-state index contributed by atoms with van der Waals surface area (Å²) in [6, 6.07) is 92.3. The summed E-state index contributed by atoms with van der Waals surface area (Å²) >= 11 is 0. The van der Waals surface area contributed by atoms with Gasteiger partial charge in [0.25, 0.3) is 0 Å². The molecule has 14 aromatic rings. The summed E-state index contributed by atoms with van der Waals surface area (Å²) in [7, 11) is 0. The Labute approximate surface area is 471 Å². The zero-order chi connectivity index (χ0) is 91.4. The molecule has 370 valence electrons. The van der Waals surface area contributed by atoms with Crippen LogP contribution in [0, 0.1) is 0 Å². The summed E-state index contributed by atoms with van der Waals surface area (Å²) in [6.45, 7) is 0. The number of furan rings is 1. The molecule has 14 rings (SSSR count). The van der Waals surface area contributed by atoms with Crippen LogP contribution in [0.5, 0.6) is 0 Å². The summed E-state index contributed by atoms with van der Waals surface area (Å²) < 4.78 is 239. The minimum absolute atomic E-state index is 0. The lowest BCUT2D eigenvalue weighted by Crippen LogP contribution is -2.10. The monoisotopic (exact) mass is 974 g/mol. The van der Waals surface area contributed by atoms with Crippen molar-refractivity contribution in [1.29, 1.82) is 0 Å². The van der Waals surface area contributed by atoms with Crippen molar-refractivity contribution in [3.05, 3.63) is 255 Å². The highest BCUT2D eigenvalue weighted by Crippen LogP contribution is 2.46. The van der Waals surface area contributed by atoms with Crippen molar-refractivity contribution in [2.75, 3.05) is 4.90 Å². The molecular formula is C66H90N2O. The molecular weight excluding hydrogens is 837 g/mol. The Morgan fingerprint density at radius 3 is 1.61 bits per heavy atom. The van der Waals surface area contributed by atoms with Crippen molar-refractivity contribution in [2.24, 2.45) is 0 Å². The molecule has 0 aliphatic carbocycles. The van der Waals surface area contributed by atoms with Crippen molar-refractivity contribution in [1.82, 2.24) is 4.40 Å². The third-order valence-corrected chi connectivity index (χ3v) is 14.2. The maximum absolute atomic E-state index is 6.42. The third-order valence-electron chi connectivity index (χ3n) is 14.2. The van der Waals surface area contributed by atoms with E-state index in [1.165, 1.54) is 82.2 Å². The zero-order valence-corrected chi connectivity index (χ0v) is 37.6. The van der Waals surface area contributed by atoms with E-state index < -0.39 is 0 Å². The zero-order valence-electron chi connectivity index (χ0n) is 83.6. The molecule has 3 nitrogen and oxygen atoms in total. The summed E-state index contributed by atoms with van der Waals surface area (Å²) in [5, 5.41) is 9.68. The van der Waals surface area contributed by atoms with Crippen LogP contribution in [-0.2, 0) is 0 Å². The minimum atomic E-state index is 0. The Bertz CT molecular complexity index is 4380. The van der Waals surface area contributed by atoms with Gasteiger partial charge in [-0.1, -0.05) is 200 Å². The molecule has 3 aromatic heterocycles. The number of aromatic nitrogens is 1. The summed E-state index contributed by atoms with van der Waals surface area (Å²) in [5.74, 6) is 0. The van der Waals surface area contributed by atoms with E-state index in [0.717, 1.165) is 50.1 Å². The molecule has 0 aliphatic rings. The van der Waals surface area contributed by atoms with Crippen LogP contribution < -0.4 is 4.90 Å². The lowest BCUT2D eigenvalue weighted by Gasteiger charge is -2.26. The van der Waals surface area contributed by atoms with Gasteiger partial charge in [0, 0.05) is 114 Å². The first kappa shape index (κ1) is 22.5. The number of benzene rings is 11. The molecule has 0 aliphatic heterocycles. The predicted octanol–water partition coefficient (Wildman–Crippen LogP) is 24.5. The number of hydrogen-bond acceptors (Lipinski definition) is 2. The van der Waals surface area contributed by atoms with Crippen molar-refractivity contribution < 1.29 is 74.1 Å². The van der Waals surface area contributed by atoms with Gasteiger partial charge in [0.1, 0.15) is 11.2 Å². The SMILES string of the molecule is [2HH].[2H][2H].[2H][2H].[2H][2H].[2H][2H].[2H][2H].[2H][2H].[2H][2H].[2H][2H].[2H][2H].[2H][2H].[2H][2H].[2H][2H].[2H][2H].[2H][2H].[2H][2H].[2H][2H].[2H][2H].[2H][2H].[2H][2H].[2H][2H].[2H][2H].[2H][2H].[2H][2H].c1ccc(-c2c3ccccc3n3c4ccccc4c4c(-c5ccc(-c6ccc(N(c7ccc(-c8cccc9ccccc89)cc7)c7cccc8oc9ccccc9c78)cc6)cc5)cccc4c23)cc1. The van der Waals surface area contributed by atoms with Gasteiger partial charge in [0.2, 0.25) is 0 Å². The molecule has 0 amide bonds. The molecule has 0 unspecified atom stereocenters. The van der Waals surface area contributed by atoms with E-state index in [2.05, 4.69) is 258 Å². The summed E-state index contributed by atoms with van der Waals surface area (Å²) in [6.07, 6.45) is 0. The van der Waals surface area contributed by atoms with Crippen LogP contribution >= 0.6 is 0 Å². The van der Waals surface area contributed by atoms with Crippen LogP contribution in [0.4, 0.5) is 17.1 Å². The molecule has 0 atom stereocenters. The number of fused-ring (bicyclic) bond motifs is 12. The number of nitrogens with zero attached hydrogens (tertiary/aromatic N) is 2. The molecule has 0 spiro atoms. The highest BCUT2D eigenvalue weighted by molar-refractivity contribution is 6.25. The maximum atomic E-state index is 6.42. The fraction of sp³-hybridized carbons (Fsp3) is 0. The van der Waals surface area contributed by atoms with Crippen LogP contribution in [0.25, 0.3) is 115 Å². The first-order chi connectivity index (χ1) is 57.2. The van der Waals surface area contributed by atoms with E-state index in [-0.39, 0.29) is 1.43 Å². The lowest BCUT2D eigenvalue weighted by molar-refractivity contribution is 0.669. The number of hydrogen-bond donors (Lipinski definition) is 0. The quantitative estimate of drug-likeness (QED) is 0.148. The normalized spacial score (nSPS) is 14.4.